The van der Waals surface area contributed by atoms with E-state index in [1.165, 1.54) is 35.4 Å². The van der Waals surface area contributed by atoms with Crippen molar-refractivity contribution in [1.29, 1.82) is 0 Å². The van der Waals surface area contributed by atoms with Gasteiger partial charge in [-0.3, -0.25) is 4.79 Å². The van der Waals surface area contributed by atoms with Crippen molar-refractivity contribution in [2.75, 3.05) is 6.54 Å². The molecule has 34 heavy (non-hydrogen) atoms. The minimum atomic E-state index is -4.85. The summed E-state index contributed by atoms with van der Waals surface area (Å²) in [4.78, 5) is 19.1. The average molecular weight is 490 g/mol. The van der Waals surface area contributed by atoms with Crippen LogP contribution in [0.25, 0.3) is 17.1 Å². The normalized spacial score (nSPS) is 15.8. The summed E-state index contributed by atoms with van der Waals surface area (Å²) in [5, 5.41) is 16.6. The summed E-state index contributed by atoms with van der Waals surface area (Å²) in [6, 6.07) is 9.96. The van der Waals surface area contributed by atoms with Crippen molar-refractivity contribution in [3.63, 3.8) is 0 Å². The maximum Gasteiger partial charge on any atom is 0.573 e. The first kappa shape index (κ1) is 21.9. The number of amides is 1. The van der Waals surface area contributed by atoms with Gasteiger partial charge in [-0.05, 0) is 36.8 Å². The molecular weight excluding hydrogens is 475 g/mol. The van der Waals surface area contributed by atoms with Gasteiger partial charge in [0.15, 0.2) is 11.6 Å². The van der Waals surface area contributed by atoms with Crippen LogP contribution in [0.3, 0.4) is 0 Å². The number of H-pyrrole nitrogens is 1. The summed E-state index contributed by atoms with van der Waals surface area (Å²) >= 11 is 6.11. The molecule has 174 valence electrons. The van der Waals surface area contributed by atoms with Crippen LogP contribution in [0, 0.1) is 0 Å². The van der Waals surface area contributed by atoms with Gasteiger partial charge in [-0.25, -0.2) is 0 Å². The number of hydrogen-bond acceptors (Lipinski definition) is 6. The Kier molecular flexibility index (Phi) is 5.44. The van der Waals surface area contributed by atoms with Crippen molar-refractivity contribution in [3.05, 3.63) is 71.3 Å². The molecule has 0 spiro atoms. The number of nitrogens with one attached hydrogen (secondary N) is 1. The lowest BCUT2D eigenvalue weighted by atomic mass is 10.00. The SMILES string of the molecule is O=C(c1ccc(Cl)cc1-n1nccn1)N1CC[C@H]1c1nnc(-c2ccccc2OC(F)(F)F)[nH]1. The highest BCUT2D eigenvalue weighted by molar-refractivity contribution is 6.31. The number of alkyl halides is 3. The number of aromatic amines is 1. The molecule has 1 aliphatic heterocycles. The monoisotopic (exact) mass is 489 g/mol. The van der Waals surface area contributed by atoms with Crippen molar-refractivity contribution in [2.45, 2.75) is 18.8 Å². The number of ether oxygens (including phenoxy) is 1. The third kappa shape index (κ3) is 4.19. The second-order valence-corrected chi connectivity index (χ2v) is 7.82. The van der Waals surface area contributed by atoms with Gasteiger partial charge in [-0.1, -0.05) is 23.7 Å². The lowest BCUT2D eigenvalue weighted by molar-refractivity contribution is -0.274. The van der Waals surface area contributed by atoms with E-state index in [9.17, 15) is 18.0 Å². The quantitative estimate of drug-likeness (QED) is 0.451. The number of aromatic nitrogens is 6. The van der Waals surface area contributed by atoms with E-state index in [1.54, 1.807) is 29.2 Å². The average Bonchev–Trinajstić information content (AvgIpc) is 3.45. The Bertz CT molecular complexity index is 1340. The Hall–Kier alpha value is -3.93. The number of rotatable bonds is 5. The zero-order valence-electron chi connectivity index (χ0n) is 17.2. The van der Waals surface area contributed by atoms with Crippen molar-refractivity contribution in [2.24, 2.45) is 0 Å². The lowest BCUT2D eigenvalue weighted by Crippen LogP contribution is -2.46. The van der Waals surface area contributed by atoms with Gasteiger partial charge in [0.25, 0.3) is 5.91 Å². The summed E-state index contributed by atoms with van der Waals surface area (Å²) in [6.07, 6.45) is -1.28. The smallest absolute Gasteiger partial charge is 0.405 e. The van der Waals surface area contributed by atoms with Crippen molar-refractivity contribution < 1.29 is 22.7 Å². The highest BCUT2D eigenvalue weighted by Gasteiger charge is 2.38. The zero-order valence-corrected chi connectivity index (χ0v) is 18.0. The van der Waals surface area contributed by atoms with E-state index >= 15 is 0 Å². The Labute approximate surface area is 195 Å². The van der Waals surface area contributed by atoms with Crippen LogP contribution in [-0.2, 0) is 0 Å². The topological polar surface area (TPSA) is 102 Å². The molecule has 2 aromatic carbocycles. The van der Waals surface area contributed by atoms with Gasteiger partial charge < -0.3 is 14.6 Å². The van der Waals surface area contributed by atoms with E-state index in [1.807, 2.05) is 0 Å². The molecule has 0 bridgehead atoms. The van der Waals surface area contributed by atoms with Gasteiger partial charge in [0.2, 0.25) is 0 Å². The minimum Gasteiger partial charge on any atom is -0.405 e. The van der Waals surface area contributed by atoms with E-state index in [2.05, 4.69) is 30.1 Å². The molecule has 9 nitrogen and oxygen atoms in total. The van der Waals surface area contributed by atoms with Crippen LogP contribution < -0.4 is 4.74 Å². The Morgan fingerprint density at radius 1 is 1.12 bits per heavy atom. The summed E-state index contributed by atoms with van der Waals surface area (Å²) in [6.45, 7) is 0.460. The molecule has 0 aliphatic carbocycles. The van der Waals surface area contributed by atoms with Gasteiger partial charge in [-0.15, -0.1) is 23.4 Å². The molecule has 5 rings (SSSR count). The Morgan fingerprint density at radius 3 is 2.59 bits per heavy atom. The summed E-state index contributed by atoms with van der Waals surface area (Å²) in [5.74, 6) is -0.248. The fraction of sp³-hybridized carbons (Fsp3) is 0.190. The third-order valence-electron chi connectivity index (χ3n) is 5.29. The Balaban J connectivity index is 1.41. The number of nitrogens with zero attached hydrogens (tertiary/aromatic N) is 6. The highest BCUT2D eigenvalue weighted by atomic mass is 35.5. The molecule has 0 unspecified atom stereocenters. The molecular formula is C21H15ClF3N7O2. The van der Waals surface area contributed by atoms with Crippen molar-refractivity contribution >= 4 is 17.5 Å². The van der Waals surface area contributed by atoms with E-state index < -0.39 is 18.2 Å². The van der Waals surface area contributed by atoms with E-state index in [4.69, 9.17) is 11.6 Å². The molecule has 3 heterocycles. The first-order valence-corrected chi connectivity index (χ1v) is 10.4. The number of halogens is 4. The largest absolute Gasteiger partial charge is 0.573 e. The molecule has 0 radical (unpaired) electrons. The number of hydrogen-bond donors (Lipinski definition) is 1. The fourth-order valence-corrected chi connectivity index (χ4v) is 3.85. The first-order chi connectivity index (χ1) is 16.3. The van der Waals surface area contributed by atoms with E-state index in [-0.39, 0.29) is 17.3 Å². The Morgan fingerprint density at radius 2 is 1.88 bits per heavy atom. The minimum absolute atomic E-state index is 0.0977. The van der Waals surface area contributed by atoms with Gasteiger partial charge >= 0.3 is 6.36 Å². The fourth-order valence-electron chi connectivity index (χ4n) is 3.68. The predicted molar refractivity (Wildman–Crippen MR) is 113 cm³/mol. The molecule has 13 heteroatoms. The van der Waals surface area contributed by atoms with Gasteiger partial charge in [0.1, 0.15) is 5.75 Å². The second-order valence-electron chi connectivity index (χ2n) is 7.39. The van der Waals surface area contributed by atoms with Crippen LogP contribution in [0.15, 0.2) is 54.9 Å². The van der Waals surface area contributed by atoms with Crippen LogP contribution in [0.2, 0.25) is 5.02 Å². The number of carbonyl (C=O) groups is 1. The van der Waals surface area contributed by atoms with Crippen LogP contribution in [0.5, 0.6) is 5.75 Å². The molecule has 1 aliphatic rings. The number of para-hydroxylation sites is 1. The van der Waals surface area contributed by atoms with Crippen LogP contribution in [0.4, 0.5) is 13.2 Å². The zero-order chi connectivity index (χ0) is 23.9. The van der Waals surface area contributed by atoms with E-state index in [0.717, 1.165) is 0 Å². The number of carbonyl (C=O) groups excluding carboxylic acids is 1. The van der Waals surface area contributed by atoms with Gasteiger partial charge in [0.05, 0.1) is 35.2 Å². The predicted octanol–water partition coefficient (Wildman–Crippen LogP) is 4.19. The third-order valence-corrected chi connectivity index (χ3v) is 5.53. The molecule has 4 aromatic rings. The molecule has 1 saturated heterocycles. The standard InChI is InChI=1S/C21H15ClF3N7O2/c22-12-5-6-13(16(11-12)32-26-8-9-27-32)20(33)31-10-7-15(31)19-28-18(29-30-19)14-3-1-2-4-17(14)34-21(23,24)25/h1-6,8-9,11,15H,7,10H2,(H,28,29,30)/t15-/m0/s1. The molecule has 2 aromatic heterocycles. The summed E-state index contributed by atoms with van der Waals surface area (Å²) < 4.78 is 42.4. The molecule has 1 amide bonds. The maximum atomic E-state index is 13.3. The highest BCUT2D eigenvalue weighted by Crippen LogP contribution is 2.36. The van der Waals surface area contributed by atoms with Crippen LogP contribution in [-0.4, -0.2) is 53.9 Å². The molecule has 1 fully saturated rings. The number of benzene rings is 2. The second kappa shape index (κ2) is 8.45. The number of likely N-dealkylation sites (tertiary alicyclic amines) is 1. The lowest BCUT2D eigenvalue weighted by Gasteiger charge is -2.39. The van der Waals surface area contributed by atoms with Crippen LogP contribution in [0.1, 0.15) is 28.6 Å². The maximum absolute atomic E-state index is 13.3. The summed E-state index contributed by atoms with van der Waals surface area (Å²) in [5.41, 5.74) is 0.860. The summed E-state index contributed by atoms with van der Waals surface area (Å²) in [7, 11) is 0. The molecule has 1 N–H and O–H groups in total. The van der Waals surface area contributed by atoms with Gasteiger partial charge in [-0.2, -0.15) is 15.0 Å². The van der Waals surface area contributed by atoms with Gasteiger partial charge in [0, 0.05) is 11.6 Å². The van der Waals surface area contributed by atoms with E-state index in [0.29, 0.717) is 35.1 Å². The first-order valence-electron chi connectivity index (χ1n) is 10.0. The molecule has 0 saturated carbocycles. The molecule has 1 atom stereocenters. The van der Waals surface area contributed by atoms with Crippen molar-refractivity contribution in [1.82, 2.24) is 35.1 Å². The van der Waals surface area contributed by atoms with Crippen molar-refractivity contribution in [3.8, 4) is 22.8 Å². The van der Waals surface area contributed by atoms with Crippen LogP contribution >= 0.6 is 11.6 Å².